The third kappa shape index (κ3) is 5.41. The fourth-order valence-corrected chi connectivity index (χ4v) is 3.32. The van der Waals surface area contributed by atoms with Crippen molar-refractivity contribution < 1.29 is 9.59 Å². The zero-order valence-corrected chi connectivity index (χ0v) is 15.8. The van der Waals surface area contributed by atoms with Gasteiger partial charge in [0.15, 0.2) is 0 Å². The van der Waals surface area contributed by atoms with Crippen LogP contribution in [0.2, 0.25) is 0 Å². The van der Waals surface area contributed by atoms with E-state index in [1.807, 2.05) is 66.4 Å². The van der Waals surface area contributed by atoms with Crippen LogP contribution in [0.1, 0.15) is 36.4 Å². The number of benzene rings is 2. The van der Waals surface area contributed by atoms with Gasteiger partial charge in [-0.1, -0.05) is 48.0 Å². The first-order chi connectivity index (χ1) is 13.1. The van der Waals surface area contributed by atoms with Crippen molar-refractivity contribution in [3.05, 3.63) is 65.7 Å². The van der Waals surface area contributed by atoms with E-state index >= 15 is 0 Å². The summed E-state index contributed by atoms with van der Waals surface area (Å²) in [6.07, 6.45) is 2.45. The number of amides is 2. The van der Waals surface area contributed by atoms with Gasteiger partial charge in [-0.3, -0.25) is 9.59 Å². The van der Waals surface area contributed by atoms with Crippen molar-refractivity contribution in [2.45, 2.75) is 32.2 Å². The minimum Gasteiger partial charge on any atom is -0.343 e. The minimum atomic E-state index is -0.429. The molecule has 1 aliphatic rings. The van der Waals surface area contributed by atoms with E-state index in [1.54, 1.807) is 0 Å². The summed E-state index contributed by atoms with van der Waals surface area (Å²) in [6, 6.07) is 17.1. The fraction of sp³-hybridized carbons (Fsp3) is 0.364. The highest BCUT2D eigenvalue weighted by molar-refractivity contribution is 5.95. The molecule has 0 radical (unpaired) electrons. The van der Waals surface area contributed by atoms with Crippen LogP contribution in [0.5, 0.6) is 0 Å². The highest BCUT2D eigenvalue weighted by Gasteiger charge is 2.22. The van der Waals surface area contributed by atoms with Crippen molar-refractivity contribution in [3.8, 4) is 0 Å². The molecule has 0 saturated carbocycles. The van der Waals surface area contributed by atoms with Crippen molar-refractivity contribution in [3.63, 3.8) is 0 Å². The van der Waals surface area contributed by atoms with Crippen LogP contribution in [0.25, 0.3) is 0 Å². The van der Waals surface area contributed by atoms with E-state index in [0.717, 1.165) is 42.7 Å². The van der Waals surface area contributed by atoms with E-state index < -0.39 is 6.04 Å². The van der Waals surface area contributed by atoms with Crippen molar-refractivity contribution >= 4 is 17.5 Å². The van der Waals surface area contributed by atoms with E-state index in [9.17, 15) is 9.59 Å². The summed E-state index contributed by atoms with van der Waals surface area (Å²) < 4.78 is 0. The number of rotatable bonds is 8. The van der Waals surface area contributed by atoms with E-state index in [-0.39, 0.29) is 11.8 Å². The zero-order chi connectivity index (χ0) is 19.1. The molecular formula is C22H27N3O2. The van der Waals surface area contributed by atoms with E-state index in [2.05, 4.69) is 10.6 Å². The highest BCUT2D eigenvalue weighted by Crippen LogP contribution is 2.17. The topological polar surface area (TPSA) is 61.4 Å². The maximum Gasteiger partial charge on any atom is 0.246 e. The van der Waals surface area contributed by atoms with E-state index in [0.29, 0.717) is 13.0 Å². The Kier molecular flexibility index (Phi) is 6.60. The lowest BCUT2D eigenvalue weighted by Gasteiger charge is -2.20. The van der Waals surface area contributed by atoms with Gasteiger partial charge in [0.25, 0.3) is 0 Å². The van der Waals surface area contributed by atoms with Crippen LogP contribution >= 0.6 is 0 Å². The fourth-order valence-electron chi connectivity index (χ4n) is 3.32. The summed E-state index contributed by atoms with van der Waals surface area (Å²) in [5.41, 5.74) is 2.87. The number of hydrogen-bond acceptors (Lipinski definition) is 3. The molecule has 1 fully saturated rings. The Hall–Kier alpha value is -2.66. The normalized spacial score (nSPS) is 15.0. The molecule has 2 amide bonds. The van der Waals surface area contributed by atoms with Crippen molar-refractivity contribution in [1.29, 1.82) is 0 Å². The summed E-state index contributed by atoms with van der Waals surface area (Å²) in [7, 11) is 0. The number of aryl methyl sites for hydroxylation is 1. The molecule has 142 valence electrons. The molecule has 0 aliphatic carbocycles. The molecule has 1 heterocycles. The maximum absolute atomic E-state index is 12.9. The molecule has 5 heteroatoms. The largest absolute Gasteiger partial charge is 0.343 e. The molecule has 1 atom stereocenters. The Labute approximate surface area is 160 Å². The molecule has 2 aromatic carbocycles. The molecule has 0 bridgehead atoms. The first-order valence-electron chi connectivity index (χ1n) is 9.57. The minimum absolute atomic E-state index is 0.0812. The number of anilines is 1. The predicted octanol–water partition coefficient (Wildman–Crippen LogP) is 3.28. The number of hydrogen-bond donors (Lipinski definition) is 2. The van der Waals surface area contributed by atoms with Crippen molar-refractivity contribution in [2.75, 3.05) is 25.0 Å². The summed E-state index contributed by atoms with van der Waals surface area (Å²) in [6.45, 7) is 4.29. The third-order valence-corrected chi connectivity index (χ3v) is 4.84. The third-order valence-electron chi connectivity index (χ3n) is 4.84. The van der Waals surface area contributed by atoms with E-state index in [4.69, 9.17) is 0 Å². The highest BCUT2D eigenvalue weighted by atomic mass is 16.2. The van der Waals surface area contributed by atoms with Crippen LogP contribution in [-0.2, 0) is 9.59 Å². The summed E-state index contributed by atoms with van der Waals surface area (Å²) in [5.74, 6) is 0.161. The summed E-state index contributed by atoms with van der Waals surface area (Å²) >= 11 is 0. The molecule has 0 spiro atoms. The van der Waals surface area contributed by atoms with Gasteiger partial charge in [0, 0.05) is 25.2 Å². The molecule has 2 aromatic rings. The first kappa shape index (κ1) is 19.1. The van der Waals surface area contributed by atoms with Crippen molar-refractivity contribution in [2.24, 2.45) is 0 Å². The second kappa shape index (κ2) is 9.33. The molecular weight excluding hydrogens is 338 g/mol. The van der Waals surface area contributed by atoms with Gasteiger partial charge in [-0.2, -0.15) is 0 Å². The molecule has 1 saturated heterocycles. The second-order valence-electron chi connectivity index (χ2n) is 6.99. The number of carbonyl (C=O) groups is 2. The monoisotopic (exact) mass is 365 g/mol. The van der Waals surface area contributed by atoms with Gasteiger partial charge < -0.3 is 15.5 Å². The predicted molar refractivity (Wildman–Crippen MR) is 107 cm³/mol. The number of nitrogens with one attached hydrogen (secondary N) is 2. The molecule has 2 N–H and O–H groups in total. The Balaban J connectivity index is 1.59. The van der Waals surface area contributed by atoms with E-state index in [1.165, 1.54) is 0 Å². The van der Waals surface area contributed by atoms with Crippen molar-refractivity contribution in [1.82, 2.24) is 10.2 Å². The smallest absolute Gasteiger partial charge is 0.246 e. The zero-order valence-electron chi connectivity index (χ0n) is 15.8. The van der Waals surface area contributed by atoms with Crippen LogP contribution in [0.4, 0.5) is 5.69 Å². The average molecular weight is 365 g/mol. The maximum atomic E-state index is 12.9. The van der Waals surface area contributed by atoms with Gasteiger partial charge in [-0.25, -0.2) is 0 Å². The Bertz CT molecular complexity index is 759. The Morgan fingerprint density at radius 3 is 2.52 bits per heavy atom. The van der Waals surface area contributed by atoms with Gasteiger partial charge in [0.2, 0.25) is 11.8 Å². The summed E-state index contributed by atoms with van der Waals surface area (Å²) in [4.78, 5) is 26.5. The van der Waals surface area contributed by atoms with Crippen LogP contribution < -0.4 is 10.6 Å². The van der Waals surface area contributed by atoms with Crippen LogP contribution in [0.3, 0.4) is 0 Å². The number of nitrogens with zero attached hydrogens (tertiary/aromatic N) is 1. The summed E-state index contributed by atoms with van der Waals surface area (Å²) in [5, 5.41) is 6.35. The molecule has 1 aliphatic heterocycles. The lowest BCUT2D eigenvalue weighted by molar-refractivity contribution is -0.127. The molecule has 5 nitrogen and oxygen atoms in total. The van der Waals surface area contributed by atoms with Crippen LogP contribution in [0, 0.1) is 6.92 Å². The second-order valence-corrected chi connectivity index (χ2v) is 6.99. The van der Waals surface area contributed by atoms with Gasteiger partial charge in [-0.15, -0.1) is 0 Å². The van der Waals surface area contributed by atoms with Crippen LogP contribution in [-0.4, -0.2) is 36.3 Å². The van der Waals surface area contributed by atoms with Gasteiger partial charge in [0.05, 0.1) is 0 Å². The van der Waals surface area contributed by atoms with Gasteiger partial charge in [0.1, 0.15) is 6.04 Å². The van der Waals surface area contributed by atoms with Crippen LogP contribution in [0.15, 0.2) is 54.6 Å². The first-order valence-corrected chi connectivity index (χ1v) is 9.57. The molecule has 3 rings (SSSR count). The standard InChI is InChI=1S/C22H27N3O2/c1-17-10-12-19(13-11-17)24-22(27)21(18-7-3-2-4-8-18)23-14-6-16-25-15-5-9-20(25)26/h2-4,7-8,10-13,21,23H,5-6,9,14-16H2,1H3,(H,24,27)/t21-/m0/s1. The lowest BCUT2D eigenvalue weighted by atomic mass is 10.1. The average Bonchev–Trinajstić information content (AvgIpc) is 3.09. The number of likely N-dealkylation sites (tertiary alicyclic amines) is 1. The SMILES string of the molecule is Cc1ccc(NC(=O)[C@@H](NCCCN2CCCC2=O)c2ccccc2)cc1. The number of carbonyl (C=O) groups excluding carboxylic acids is 2. The molecule has 27 heavy (non-hydrogen) atoms. The lowest BCUT2D eigenvalue weighted by Crippen LogP contribution is -2.35. The Morgan fingerprint density at radius 2 is 1.85 bits per heavy atom. The Morgan fingerprint density at radius 1 is 1.11 bits per heavy atom. The molecule has 0 unspecified atom stereocenters. The quantitative estimate of drug-likeness (QED) is 0.706. The van der Waals surface area contributed by atoms with Gasteiger partial charge >= 0.3 is 0 Å². The molecule has 0 aromatic heterocycles. The van der Waals surface area contributed by atoms with Gasteiger partial charge in [-0.05, 0) is 44.0 Å².